The number of benzene rings is 1. The fraction of sp³-hybridized carbons (Fsp3) is 0.316. The highest BCUT2D eigenvalue weighted by molar-refractivity contribution is 5.25. The van der Waals surface area contributed by atoms with Gasteiger partial charge in [-0.15, -0.1) is 6.58 Å². The summed E-state index contributed by atoms with van der Waals surface area (Å²) in [4.78, 5) is 7.04. The van der Waals surface area contributed by atoms with E-state index in [-0.39, 0.29) is 0 Å². The van der Waals surface area contributed by atoms with Gasteiger partial charge in [-0.1, -0.05) is 48.6 Å². The molecule has 0 amide bonds. The Labute approximate surface area is 132 Å². The molecule has 0 aliphatic carbocycles. The average Bonchev–Trinajstić information content (AvgIpc) is 2.95. The van der Waals surface area contributed by atoms with E-state index in [0.29, 0.717) is 12.1 Å². The fourth-order valence-electron chi connectivity index (χ4n) is 3.15. The number of hydrogen-bond acceptors (Lipinski definition) is 2. The van der Waals surface area contributed by atoms with Crippen LogP contribution >= 0.6 is 0 Å². The minimum atomic E-state index is 0.302. The first-order chi connectivity index (χ1) is 10.8. The van der Waals surface area contributed by atoms with E-state index in [0.717, 1.165) is 25.2 Å². The van der Waals surface area contributed by atoms with Gasteiger partial charge in [-0.3, -0.25) is 4.90 Å². The molecule has 1 aromatic carbocycles. The molecule has 114 valence electrons. The normalized spacial score (nSPS) is 21.9. The number of nitrogens with zero attached hydrogens (tertiary/aromatic N) is 3. The molecule has 1 aliphatic heterocycles. The molecule has 22 heavy (non-hydrogen) atoms. The maximum absolute atomic E-state index is 4.50. The van der Waals surface area contributed by atoms with Crippen molar-refractivity contribution in [2.45, 2.75) is 31.5 Å². The monoisotopic (exact) mass is 293 g/mol. The van der Waals surface area contributed by atoms with E-state index in [4.69, 9.17) is 0 Å². The summed E-state index contributed by atoms with van der Waals surface area (Å²) in [6.45, 7) is 4.78. The minimum Gasteiger partial charge on any atom is -0.337 e. The lowest BCUT2D eigenvalue weighted by Crippen LogP contribution is -2.39. The lowest BCUT2D eigenvalue weighted by molar-refractivity contribution is 0.136. The Hall–Kier alpha value is -2.13. The van der Waals surface area contributed by atoms with Gasteiger partial charge in [-0.05, 0) is 18.4 Å². The molecule has 0 saturated heterocycles. The molecule has 0 unspecified atom stereocenters. The summed E-state index contributed by atoms with van der Waals surface area (Å²) in [6.07, 6.45) is 12.6. The summed E-state index contributed by atoms with van der Waals surface area (Å²) >= 11 is 0. The second-order valence-electron chi connectivity index (χ2n) is 5.82. The average molecular weight is 293 g/mol. The van der Waals surface area contributed by atoms with Crippen LogP contribution < -0.4 is 0 Å². The Bertz CT molecular complexity index is 642. The van der Waals surface area contributed by atoms with Gasteiger partial charge in [0, 0.05) is 25.5 Å². The smallest absolute Gasteiger partial charge is 0.122 e. The quantitative estimate of drug-likeness (QED) is 0.780. The largest absolute Gasteiger partial charge is 0.337 e. The summed E-state index contributed by atoms with van der Waals surface area (Å²) in [5, 5.41) is 0. The molecule has 0 fully saturated rings. The Kier molecular flexibility index (Phi) is 4.54. The van der Waals surface area contributed by atoms with E-state index in [1.807, 2.05) is 18.5 Å². The molecule has 2 aromatic rings. The molecule has 0 N–H and O–H groups in total. The molecule has 2 heterocycles. The van der Waals surface area contributed by atoms with Crippen molar-refractivity contribution in [1.82, 2.24) is 14.5 Å². The molecule has 1 aliphatic rings. The standard InChI is InChI=1S/C19H23N3/c1-3-8-17-11-7-12-18(16-9-5-4-6-10-16)22(17)15-19-20-13-14-21(19)2/h3-7,9-10,12-14,17-18H,1,8,11,15H2,2H3/t17-,18+/m1/s1. The van der Waals surface area contributed by atoms with Gasteiger partial charge in [-0.25, -0.2) is 4.98 Å². The minimum absolute atomic E-state index is 0.302. The molecule has 0 spiro atoms. The van der Waals surface area contributed by atoms with Crippen molar-refractivity contribution in [2.75, 3.05) is 0 Å². The summed E-state index contributed by atoms with van der Waals surface area (Å²) < 4.78 is 2.10. The van der Waals surface area contributed by atoms with Crippen molar-refractivity contribution in [3.8, 4) is 0 Å². The van der Waals surface area contributed by atoms with Gasteiger partial charge in [0.15, 0.2) is 0 Å². The highest BCUT2D eigenvalue weighted by Crippen LogP contribution is 2.32. The third-order valence-corrected chi connectivity index (χ3v) is 4.38. The van der Waals surface area contributed by atoms with Crippen LogP contribution in [-0.2, 0) is 13.6 Å². The van der Waals surface area contributed by atoms with Crippen LogP contribution in [0.15, 0.2) is 67.5 Å². The first kappa shape index (κ1) is 14.8. The second-order valence-corrected chi connectivity index (χ2v) is 5.82. The van der Waals surface area contributed by atoms with Crippen LogP contribution in [0.3, 0.4) is 0 Å². The molecule has 1 aromatic heterocycles. The molecule has 3 heteroatoms. The van der Waals surface area contributed by atoms with Crippen molar-refractivity contribution in [3.05, 3.63) is 78.9 Å². The molecule has 3 nitrogen and oxygen atoms in total. The third-order valence-electron chi connectivity index (χ3n) is 4.38. The lowest BCUT2D eigenvalue weighted by atomic mass is 9.95. The van der Waals surface area contributed by atoms with Crippen LogP contribution in [0.4, 0.5) is 0 Å². The predicted molar refractivity (Wildman–Crippen MR) is 90.3 cm³/mol. The summed E-state index contributed by atoms with van der Waals surface area (Å²) in [5.41, 5.74) is 1.33. The molecule has 0 radical (unpaired) electrons. The van der Waals surface area contributed by atoms with E-state index in [1.165, 1.54) is 5.56 Å². The number of imidazole rings is 1. The van der Waals surface area contributed by atoms with Crippen LogP contribution in [0, 0.1) is 0 Å². The topological polar surface area (TPSA) is 21.1 Å². The zero-order valence-electron chi connectivity index (χ0n) is 13.1. The Morgan fingerprint density at radius 1 is 1.32 bits per heavy atom. The van der Waals surface area contributed by atoms with Crippen molar-refractivity contribution in [3.63, 3.8) is 0 Å². The van der Waals surface area contributed by atoms with Gasteiger partial charge in [0.1, 0.15) is 5.82 Å². The van der Waals surface area contributed by atoms with Gasteiger partial charge >= 0.3 is 0 Å². The highest BCUT2D eigenvalue weighted by Gasteiger charge is 2.28. The van der Waals surface area contributed by atoms with Crippen LogP contribution in [0.1, 0.15) is 30.3 Å². The SMILES string of the molecule is C=CC[C@@H]1CC=C[C@@H](c2ccccc2)N1Cc1nccn1C. The lowest BCUT2D eigenvalue weighted by Gasteiger charge is -2.39. The maximum atomic E-state index is 4.50. The Balaban J connectivity index is 1.92. The van der Waals surface area contributed by atoms with E-state index in [9.17, 15) is 0 Å². The van der Waals surface area contributed by atoms with E-state index in [1.54, 1.807) is 0 Å². The first-order valence-corrected chi connectivity index (χ1v) is 7.84. The van der Waals surface area contributed by atoms with Gasteiger partial charge in [0.25, 0.3) is 0 Å². The van der Waals surface area contributed by atoms with Crippen LogP contribution in [0.5, 0.6) is 0 Å². The van der Waals surface area contributed by atoms with Crippen molar-refractivity contribution >= 4 is 0 Å². The number of hydrogen-bond donors (Lipinski definition) is 0. The van der Waals surface area contributed by atoms with Crippen molar-refractivity contribution < 1.29 is 0 Å². The maximum Gasteiger partial charge on any atom is 0.122 e. The number of rotatable bonds is 5. The van der Waals surface area contributed by atoms with Gasteiger partial charge in [-0.2, -0.15) is 0 Å². The van der Waals surface area contributed by atoms with E-state index in [2.05, 4.69) is 70.6 Å². The Morgan fingerprint density at radius 3 is 2.82 bits per heavy atom. The van der Waals surface area contributed by atoms with Gasteiger partial charge < -0.3 is 4.57 Å². The van der Waals surface area contributed by atoms with E-state index < -0.39 is 0 Å². The molecule has 0 saturated carbocycles. The third kappa shape index (κ3) is 3.04. The molecule has 2 atom stereocenters. The van der Waals surface area contributed by atoms with Crippen molar-refractivity contribution in [1.29, 1.82) is 0 Å². The molecule has 3 rings (SSSR count). The molecular formula is C19H23N3. The van der Waals surface area contributed by atoms with Crippen molar-refractivity contribution in [2.24, 2.45) is 7.05 Å². The van der Waals surface area contributed by atoms with Gasteiger partial charge in [0.2, 0.25) is 0 Å². The number of aromatic nitrogens is 2. The molecule has 0 bridgehead atoms. The van der Waals surface area contributed by atoms with Crippen LogP contribution in [-0.4, -0.2) is 20.5 Å². The van der Waals surface area contributed by atoms with Gasteiger partial charge in [0.05, 0.1) is 12.6 Å². The van der Waals surface area contributed by atoms with E-state index >= 15 is 0 Å². The van der Waals surface area contributed by atoms with Crippen LogP contribution in [0.2, 0.25) is 0 Å². The Morgan fingerprint density at radius 2 is 2.14 bits per heavy atom. The number of aryl methyl sites for hydroxylation is 1. The zero-order chi connectivity index (χ0) is 15.4. The summed E-state index contributed by atoms with van der Waals surface area (Å²) in [5.74, 6) is 1.10. The summed E-state index contributed by atoms with van der Waals surface area (Å²) in [6, 6.07) is 11.5. The molecular weight excluding hydrogens is 270 g/mol. The first-order valence-electron chi connectivity index (χ1n) is 7.84. The summed E-state index contributed by atoms with van der Waals surface area (Å²) in [7, 11) is 2.06. The highest BCUT2D eigenvalue weighted by atomic mass is 15.2. The zero-order valence-corrected chi connectivity index (χ0v) is 13.1. The fourth-order valence-corrected chi connectivity index (χ4v) is 3.15. The second kappa shape index (κ2) is 6.75. The van der Waals surface area contributed by atoms with Crippen LogP contribution in [0.25, 0.3) is 0 Å². The predicted octanol–water partition coefficient (Wildman–Crippen LogP) is 3.87.